The van der Waals surface area contributed by atoms with Gasteiger partial charge >= 0.3 is 0 Å². The number of carbonyl (C=O) groups is 1. The second kappa shape index (κ2) is 15.7. The molecule has 0 aliphatic carbocycles. The highest BCUT2D eigenvalue weighted by Crippen LogP contribution is 2.46. The van der Waals surface area contributed by atoms with E-state index in [-0.39, 0.29) is 0 Å². The standard InChI is InChI=1S/C22H36N4.C11H12O4/c1-5-9-19(10-6-2)15-24-21(7-3)17-25(4)18-22-11-8-12-26(22)16-20-13-23-14-20;1-11(2)14-9-5-7(6-12)4-8(13-3)10(9)15-11/h5-7,9-10,15,20,22-23H,1,8,11-14,16-18H2,2-4H3;4-6H,1-3H3/b10-6-,19-9+,21-7-,24-15-;/t22-;/m0./s1. The van der Waals surface area contributed by atoms with Crippen molar-refractivity contribution in [3.8, 4) is 17.2 Å². The fourth-order valence-corrected chi connectivity index (χ4v) is 5.21. The molecule has 0 spiro atoms. The minimum absolute atomic E-state index is 0.506. The molecule has 0 radical (unpaired) electrons. The fourth-order valence-electron chi connectivity index (χ4n) is 5.21. The second-order valence-electron chi connectivity index (χ2n) is 11.2. The van der Waals surface area contributed by atoms with Gasteiger partial charge in [-0.2, -0.15) is 0 Å². The van der Waals surface area contributed by atoms with E-state index in [9.17, 15) is 4.79 Å². The number of methoxy groups -OCH3 is 1. The lowest BCUT2D eigenvalue weighted by atomic mass is 10.0. The monoisotopic (exact) mass is 564 g/mol. The van der Waals surface area contributed by atoms with Gasteiger partial charge in [-0.1, -0.05) is 37.0 Å². The van der Waals surface area contributed by atoms with Crippen molar-refractivity contribution in [1.29, 1.82) is 0 Å². The summed E-state index contributed by atoms with van der Waals surface area (Å²) in [6.45, 7) is 18.4. The Hall–Kier alpha value is -3.20. The number of nitrogens with one attached hydrogen (secondary N) is 1. The lowest BCUT2D eigenvalue weighted by Gasteiger charge is -2.35. The van der Waals surface area contributed by atoms with Gasteiger partial charge in [-0.15, -0.1) is 0 Å². The molecule has 0 aromatic heterocycles. The van der Waals surface area contributed by atoms with Crippen LogP contribution in [0.25, 0.3) is 0 Å². The zero-order chi connectivity index (χ0) is 29.8. The summed E-state index contributed by atoms with van der Waals surface area (Å²) >= 11 is 0. The van der Waals surface area contributed by atoms with Crippen LogP contribution >= 0.6 is 0 Å². The van der Waals surface area contributed by atoms with Crippen molar-refractivity contribution < 1.29 is 19.0 Å². The minimum Gasteiger partial charge on any atom is -0.493 e. The van der Waals surface area contributed by atoms with Crippen LogP contribution in [0.1, 0.15) is 50.9 Å². The zero-order valence-corrected chi connectivity index (χ0v) is 25.7. The first kappa shape index (κ1) is 32.3. The Labute approximate surface area is 246 Å². The highest BCUT2D eigenvalue weighted by molar-refractivity contribution is 5.83. The van der Waals surface area contributed by atoms with E-state index in [2.05, 4.69) is 46.7 Å². The number of likely N-dealkylation sites (N-methyl/N-ethyl adjacent to an activating group) is 1. The van der Waals surface area contributed by atoms with Crippen LogP contribution in [0.3, 0.4) is 0 Å². The van der Waals surface area contributed by atoms with E-state index >= 15 is 0 Å². The van der Waals surface area contributed by atoms with Crippen LogP contribution in [0, 0.1) is 5.92 Å². The number of hydrogen-bond acceptors (Lipinski definition) is 8. The van der Waals surface area contributed by atoms with E-state index in [1.165, 1.54) is 46.1 Å². The maximum absolute atomic E-state index is 10.7. The van der Waals surface area contributed by atoms with Crippen molar-refractivity contribution in [3.63, 3.8) is 0 Å². The number of likely N-dealkylation sites (tertiary alicyclic amines) is 1. The Balaban J connectivity index is 0.000000260. The van der Waals surface area contributed by atoms with E-state index < -0.39 is 5.79 Å². The Morgan fingerprint density at radius 2 is 2.07 bits per heavy atom. The smallest absolute Gasteiger partial charge is 0.246 e. The molecule has 8 heteroatoms. The Bertz CT molecular complexity index is 1150. The highest BCUT2D eigenvalue weighted by Gasteiger charge is 2.34. The van der Waals surface area contributed by atoms with Crippen molar-refractivity contribution in [1.82, 2.24) is 15.1 Å². The van der Waals surface area contributed by atoms with E-state index in [1.54, 1.807) is 32.1 Å². The van der Waals surface area contributed by atoms with Gasteiger partial charge in [-0.05, 0) is 63.9 Å². The molecule has 1 aromatic carbocycles. The maximum atomic E-state index is 10.7. The molecule has 3 aliphatic heterocycles. The van der Waals surface area contributed by atoms with Crippen molar-refractivity contribution in [2.75, 3.05) is 53.4 Å². The molecule has 0 saturated carbocycles. The molecule has 1 atom stereocenters. The molecule has 8 nitrogen and oxygen atoms in total. The second-order valence-corrected chi connectivity index (χ2v) is 11.2. The summed E-state index contributed by atoms with van der Waals surface area (Å²) in [5, 5.41) is 3.39. The number of aliphatic imine (C=N–C) groups is 1. The fraction of sp³-hybridized carbons (Fsp3) is 0.515. The lowest BCUT2D eigenvalue weighted by molar-refractivity contribution is -0.0439. The van der Waals surface area contributed by atoms with Crippen LogP contribution in [0.4, 0.5) is 0 Å². The van der Waals surface area contributed by atoms with Gasteiger partial charge < -0.3 is 19.5 Å². The van der Waals surface area contributed by atoms with Crippen molar-refractivity contribution in [2.45, 2.75) is 52.4 Å². The first-order valence-electron chi connectivity index (χ1n) is 14.5. The summed E-state index contributed by atoms with van der Waals surface area (Å²) in [6.07, 6.45) is 15.3. The quantitative estimate of drug-likeness (QED) is 0.210. The predicted octanol–water partition coefficient (Wildman–Crippen LogP) is 5.28. The summed E-state index contributed by atoms with van der Waals surface area (Å²) in [7, 11) is 3.74. The average molecular weight is 565 g/mol. The van der Waals surface area contributed by atoms with Crippen molar-refractivity contribution in [3.05, 3.63) is 65.9 Å². The van der Waals surface area contributed by atoms with Crippen LogP contribution in [-0.2, 0) is 0 Å². The summed E-state index contributed by atoms with van der Waals surface area (Å²) in [5.41, 5.74) is 2.69. The van der Waals surface area contributed by atoms with Crippen molar-refractivity contribution in [2.24, 2.45) is 10.9 Å². The first-order valence-corrected chi connectivity index (χ1v) is 14.5. The van der Waals surface area contributed by atoms with E-state index in [0.717, 1.165) is 36.6 Å². The SMILES string of the molecule is C=C/C=C(\C=C/C)/C=N\C(=C/C)CN(C)C[C@@H]1CCCN1CC1CNC1.COc1cc(C=O)cc2c1OC(C)(C)O2. The summed E-state index contributed by atoms with van der Waals surface area (Å²) in [4.78, 5) is 20.5. The van der Waals surface area contributed by atoms with Gasteiger partial charge in [0.2, 0.25) is 11.5 Å². The molecule has 0 unspecified atom stereocenters. The molecule has 4 rings (SSSR count). The normalized spacial score (nSPS) is 20.8. The highest BCUT2D eigenvalue weighted by atomic mass is 16.7. The minimum atomic E-state index is -0.711. The molecule has 0 amide bonds. The number of ether oxygens (including phenoxy) is 3. The molecular formula is C33H48N4O4. The number of benzene rings is 1. The first-order chi connectivity index (χ1) is 19.7. The summed E-state index contributed by atoms with van der Waals surface area (Å²) < 4.78 is 16.2. The lowest BCUT2D eigenvalue weighted by Crippen LogP contribution is -2.50. The van der Waals surface area contributed by atoms with Crippen LogP contribution in [0.15, 0.2) is 65.4 Å². The third-order valence-electron chi connectivity index (χ3n) is 7.30. The number of fused-ring (bicyclic) bond motifs is 1. The molecule has 3 aliphatic rings. The van der Waals surface area contributed by atoms with Crippen LogP contribution in [0.2, 0.25) is 0 Å². The Kier molecular flexibility index (Phi) is 12.4. The van der Waals surface area contributed by atoms with E-state index in [4.69, 9.17) is 14.2 Å². The summed E-state index contributed by atoms with van der Waals surface area (Å²) in [5.74, 6) is 1.75. The van der Waals surface area contributed by atoms with Gasteiger partial charge in [0, 0.05) is 64.4 Å². The molecule has 2 fully saturated rings. The molecule has 41 heavy (non-hydrogen) atoms. The van der Waals surface area contributed by atoms with Gasteiger partial charge in [0.25, 0.3) is 0 Å². The Morgan fingerprint density at radius 1 is 1.29 bits per heavy atom. The van der Waals surface area contributed by atoms with Gasteiger partial charge in [0.15, 0.2) is 11.5 Å². The molecular weight excluding hydrogens is 516 g/mol. The predicted molar refractivity (Wildman–Crippen MR) is 168 cm³/mol. The molecule has 0 bridgehead atoms. The van der Waals surface area contributed by atoms with E-state index in [0.29, 0.717) is 28.9 Å². The molecule has 224 valence electrons. The van der Waals surface area contributed by atoms with Crippen LogP contribution < -0.4 is 19.5 Å². The third kappa shape index (κ3) is 9.69. The van der Waals surface area contributed by atoms with Gasteiger partial charge in [0.1, 0.15) is 6.29 Å². The van der Waals surface area contributed by atoms with Crippen LogP contribution in [-0.4, -0.2) is 87.6 Å². The number of hydrogen-bond donors (Lipinski definition) is 1. The van der Waals surface area contributed by atoms with E-state index in [1.807, 2.05) is 31.4 Å². The largest absolute Gasteiger partial charge is 0.493 e. The number of nitrogens with zero attached hydrogens (tertiary/aromatic N) is 3. The number of rotatable bonds is 12. The topological polar surface area (TPSA) is 75.6 Å². The molecule has 3 heterocycles. The molecule has 1 aromatic rings. The third-order valence-corrected chi connectivity index (χ3v) is 7.30. The molecule has 1 N–H and O–H groups in total. The Morgan fingerprint density at radius 3 is 2.68 bits per heavy atom. The molecule has 2 saturated heterocycles. The summed E-state index contributed by atoms with van der Waals surface area (Å²) in [6, 6.07) is 3.96. The van der Waals surface area contributed by atoms with Gasteiger partial charge in [0.05, 0.1) is 12.8 Å². The number of carbonyl (C=O) groups excluding carboxylic acids is 1. The average Bonchev–Trinajstić information content (AvgIpc) is 3.49. The van der Waals surface area contributed by atoms with Crippen molar-refractivity contribution >= 4 is 12.5 Å². The maximum Gasteiger partial charge on any atom is 0.246 e. The van der Waals surface area contributed by atoms with Gasteiger partial charge in [-0.3, -0.25) is 19.6 Å². The van der Waals surface area contributed by atoms with Crippen LogP contribution in [0.5, 0.6) is 17.2 Å². The number of aldehydes is 1. The number of allylic oxidation sites excluding steroid dienone is 6. The zero-order valence-electron chi connectivity index (χ0n) is 25.7. The van der Waals surface area contributed by atoms with Gasteiger partial charge in [-0.25, -0.2) is 0 Å².